The Kier molecular flexibility index (Phi) is 49.5. The minimum absolute atomic E-state index is 0.135. The molecule has 0 spiro atoms. The molecule has 0 saturated carbocycles. The second-order valence-corrected chi connectivity index (χ2v) is 17.1. The van der Waals surface area contributed by atoms with Gasteiger partial charge in [-0.05, 0) is 96.3 Å². The van der Waals surface area contributed by atoms with Crippen LogP contribution < -0.4 is 0 Å². The summed E-state index contributed by atoms with van der Waals surface area (Å²) >= 11 is 0. The van der Waals surface area contributed by atoms with Crippen molar-refractivity contribution in [1.82, 2.24) is 0 Å². The van der Waals surface area contributed by atoms with E-state index >= 15 is 0 Å². The predicted molar refractivity (Wildman–Crippen MR) is 279 cm³/mol. The molecule has 0 saturated heterocycles. The summed E-state index contributed by atoms with van der Waals surface area (Å²) in [6.07, 6.45) is 71.0. The first-order valence-corrected chi connectivity index (χ1v) is 26.4. The Morgan fingerprint density at radius 1 is 0.338 bits per heavy atom. The summed E-state index contributed by atoms with van der Waals surface area (Å²) < 4.78 is 16.7. The van der Waals surface area contributed by atoms with Crippen LogP contribution in [0, 0.1) is 0 Å². The Bertz CT molecular complexity index is 1360. The fourth-order valence-electron chi connectivity index (χ4n) is 6.83. The van der Waals surface area contributed by atoms with E-state index in [1.807, 2.05) is 18.2 Å². The second kappa shape index (κ2) is 52.7. The number of ether oxygens (including phenoxy) is 3. The average molecular weight is 901 g/mol. The number of carbonyl (C=O) groups excluding carboxylic acids is 3. The molecular weight excluding hydrogens is 805 g/mol. The highest BCUT2D eigenvalue weighted by atomic mass is 16.6. The zero-order valence-corrected chi connectivity index (χ0v) is 42.0. The maximum absolute atomic E-state index is 12.8. The molecule has 65 heavy (non-hydrogen) atoms. The quantitative estimate of drug-likeness (QED) is 0.0199. The molecule has 0 heterocycles. The molecule has 6 heteroatoms. The lowest BCUT2D eigenvalue weighted by molar-refractivity contribution is -0.166. The van der Waals surface area contributed by atoms with Gasteiger partial charge in [0.05, 0.1) is 0 Å². The fourth-order valence-corrected chi connectivity index (χ4v) is 6.83. The highest BCUT2D eigenvalue weighted by Gasteiger charge is 2.19. The molecule has 0 amide bonds. The standard InChI is InChI=1S/C59H96O6/c1-4-7-10-13-16-19-22-25-27-29-30-32-34-37-40-43-46-49-52-58(61)64-55-56(54-63-57(60)51-48-45-42-39-36-33-24-21-18-15-12-9-6-3)65-59(62)53-50-47-44-41-38-35-31-28-26-23-20-17-14-11-8-5-2/h8,11,17,20,26-30,32-33,35-36,38,42,44-45,47,56H,4-7,9-10,12-16,18-19,21-25,31,34,37,39-41,43,46,48-55H2,1-3H3/b11-8-,20-17-,28-26-,29-27-,32-30-,36-33-,38-35-,45-42-,47-44-. The van der Waals surface area contributed by atoms with E-state index in [1.165, 1.54) is 89.9 Å². The van der Waals surface area contributed by atoms with Gasteiger partial charge in [-0.15, -0.1) is 0 Å². The van der Waals surface area contributed by atoms with Gasteiger partial charge in [0.25, 0.3) is 0 Å². The molecule has 0 N–H and O–H groups in total. The minimum atomic E-state index is -0.848. The van der Waals surface area contributed by atoms with Crippen molar-refractivity contribution in [1.29, 1.82) is 0 Å². The Labute approximate surface area is 400 Å². The molecule has 0 aromatic carbocycles. The van der Waals surface area contributed by atoms with Crippen LogP contribution in [0.5, 0.6) is 0 Å². The first-order chi connectivity index (χ1) is 32.0. The lowest BCUT2D eigenvalue weighted by atomic mass is 10.1. The fraction of sp³-hybridized carbons (Fsp3) is 0.644. The van der Waals surface area contributed by atoms with Crippen LogP contribution in [0.1, 0.15) is 226 Å². The van der Waals surface area contributed by atoms with E-state index in [2.05, 4.69) is 112 Å². The summed E-state index contributed by atoms with van der Waals surface area (Å²) in [6.45, 7) is 6.37. The highest BCUT2D eigenvalue weighted by Crippen LogP contribution is 2.12. The molecular formula is C59H96O6. The van der Waals surface area contributed by atoms with Crippen LogP contribution in [0.3, 0.4) is 0 Å². The normalized spacial score (nSPS) is 13.0. The third-order valence-electron chi connectivity index (χ3n) is 10.8. The van der Waals surface area contributed by atoms with Crippen molar-refractivity contribution in [2.24, 2.45) is 0 Å². The van der Waals surface area contributed by atoms with Gasteiger partial charge in [-0.25, -0.2) is 0 Å². The minimum Gasteiger partial charge on any atom is -0.462 e. The largest absolute Gasteiger partial charge is 0.462 e. The third kappa shape index (κ3) is 50.9. The van der Waals surface area contributed by atoms with Gasteiger partial charge in [0.2, 0.25) is 0 Å². The van der Waals surface area contributed by atoms with Crippen LogP contribution in [-0.4, -0.2) is 37.2 Å². The lowest BCUT2D eigenvalue weighted by Gasteiger charge is -2.18. The number of esters is 3. The van der Waals surface area contributed by atoms with E-state index in [9.17, 15) is 14.4 Å². The van der Waals surface area contributed by atoms with Crippen LogP contribution >= 0.6 is 0 Å². The molecule has 0 aromatic heterocycles. The number of allylic oxidation sites excluding steroid dienone is 18. The van der Waals surface area contributed by atoms with E-state index < -0.39 is 12.1 Å². The summed E-state index contributed by atoms with van der Waals surface area (Å²) in [4.78, 5) is 37.9. The monoisotopic (exact) mass is 901 g/mol. The van der Waals surface area contributed by atoms with Gasteiger partial charge in [0, 0.05) is 19.3 Å². The van der Waals surface area contributed by atoms with Gasteiger partial charge in [-0.3, -0.25) is 14.4 Å². The molecule has 1 atom stereocenters. The maximum Gasteiger partial charge on any atom is 0.306 e. The Morgan fingerprint density at radius 3 is 1.12 bits per heavy atom. The van der Waals surface area contributed by atoms with Crippen molar-refractivity contribution in [3.05, 3.63) is 109 Å². The van der Waals surface area contributed by atoms with Gasteiger partial charge >= 0.3 is 17.9 Å². The van der Waals surface area contributed by atoms with Crippen molar-refractivity contribution in [2.75, 3.05) is 13.2 Å². The number of rotatable bonds is 46. The Hall–Kier alpha value is -3.93. The molecule has 0 radical (unpaired) electrons. The molecule has 6 nitrogen and oxygen atoms in total. The van der Waals surface area contributed by atoms with Crippen molar-refractivity contribution < 1.29 is 28.6 Å². The van der Waals surface area contributed by atoms with Crippen LogP contribution in [0.4, 0.5) is 0 Å². The zero-order valence-electron chi connectivity index (χ0n) is 42.0. The molecule has 0 aliphatic carbocycles. The SMILES string of the molecule is CC/C=C\C/C=C\C/C=C\C/C=C\C/C=C\CCC(=O)OC(COC(=O)CC/C=C\C/C=C\CCCCCCCC)COC(=O)CCCCCCC/C=C\C=C/CCCCCCCCC. The van der Waals surface area contributed by atoms with E-state index in [0.717, 1.165) is 83.5 Å². The van der Waals surface area contributed by atoms with Gasteiger partial charge in [0.1, 0.15) is 13.2 Å². The Balaban J connectivity index is 4.58. The van der Waals surface area contributed by atoms with Crippen molar-refractivity contribution in [3.63, 3.8) is 0 Å². The summed E-state index contributed by atoms with van der Waals surface area (Å²) in [5, 5.41) is 0. The summed E-state index contributed by atoms with van der Waals surface area (Å²) in [7, 11) is 0. The molecule has 0 rings (SSSR count). The van der Waals surface area contributed by atoms with E-state index in [1.54, 1.807) is 0 Å². The van der Waals surface area contributed by atoms with Gasteiger partial charge in [-0.2, -0.15) is 0 Å². The molecule has 0 bridgehead atoms. The topological polar surface area (TPSA) is 78.9 Å². The third-order valence-corrected chi connectivity index (χ3v) is 10.8. The molecule has 0 fully saturated rings. The first-order valence-electron chi connectivity index (χ1n) is 26.4. The van der Waals surface area contributed by atoms with Crippen LogP contribution in [-0.2, 0) is 28.6 Å². The summed E-state index contributed by atoms with van der Waals surface area (Å²) in [5.41, 5.74) is 0. The molecule has 0 aliphatic heterocycles. The smallest absolute Gasteiger partial charge is 0.306 e. The van der Waals surface area contributed by atoms with E-state index in [0.29, 0.717) is 19.3 Å². The van der Waals surface area contributed by atoms with Crippen LogP contribution in [0.2, 0.25) is 0 Å². The van der Waals surface area contributed by atoms with Gasteiger partial charge in [0.15, 0.2) is 6.10 Å². The van der Waals surface area contributed by atoms with E-state index in [4.69, 9.17) is 14.2 Å². The molecule has 0 aromatic rings. The summed E-state index contributed by atoms with van der Waals surface area (Å²) in [6, 6.07) is 0. The number of hydrogen-bond donors (Lipinski definition) is 0. The van der Waals surface area contributed by atoms with Crippen LogP contribution in [0.15, 0.2) is 109 Å². The van der Waals surface area contributed by atoms with Crippen molar-refractivity contribution in [3.8, 4) is 0 Å². The van der Waals surface area contributed by atoms with E-state index in [-0.39, 0.29) is 38.0 Å². The zero-order chi connectivity index (χ0) is 47.2. The maximum atomic E-state index is 12.8. The van der Waals surface area contributed by atoms with Gasteiger partial charge < -0.3 is 14.2 Å². The highest BCUT2D eigenvalue weighted by molar-refractivity contribution is 5.71. The summed E-state index contributed by atoms with van der Waals surface area (Å²) in [5.74, 6) is -1.11. The van der Waals surface area contributed by atoms with Crippen molar-refractivity contribution in [2.45, 2.75) is 232 Å². The molecule has 0 aliphatic rings. The average Bonchev–Trinajstić information content (AvgIpc) is 3.30. The lowest BCUT2D eigenvalue weighted by Crippen LogP contribution is -2.30. The van der Waals surface area contributed by atoms with Crippen molar-refractivity contribution >= 4 is 17.9 Å². The number of unbranched alkanes of at least 4 members (excludes halogenated alkanes) is 18. The molecule has 1 unspecified atom stereocenters. The Morgan fingerprint density at radius 2 is 0.677 bits per heavy atom. The van der Waals surface area contributed by atoms with Crippen LogP contribution in [0.25, 0.3) is 0 Å². The first kappa shape index (κ1) is 61.1. The van der Waals surface area contributed by atoms with Gasteiger partial charge in [-0.1, -0.05) is 220 Å². The number of carbonyl (C=O) groups is 3. The second-order valence-electron chi connectivity index (χ2n) is 17.1. The predicted octanol–water partition coefficient (Wildman–Crippen LogP) is 17.5. The number of hydrogen-bond acceptors (Lipinski definition) is 6. The molecule has 368 valence electrons.